The Morgan fingerprint density at radius 3 is 2.86 bits per heavy atom. The van der Waals surface area contributed by atoms with Gasteiger partial charge in [0.2, 0.25) is 10.0 Å². The van der Waals surface area contributed by atoms with Gasteiger partial charge in [-0.2, -0.15) is 4.31 Å². The van der Waals surface area contributed by atoms with Crippen LogP contribution in [-0.4, -0.2) is 39.5 Å². The van der Waals surface area contributed by atoms with E-state index < -0.39 is 10.0 Å². The molecule has 0 spiro atoms. The fourth-order valence-corrected chi connectivity index (χ4v) is 4.83. The monoisotopic (exact) mass is 351 g/mol. The number of methoxy groups -OCH3 is 1. The molecular weight excluding hydrogens is 333 g/mol. The lowest BCUT2D eigenvalue weighted by molar-refractivity contribution is 0.118. The quantitative estimate of drug-likeness (QED) is 0.765. The fraction of sp³-hybridized carbons (Fsp3) is 0.571. The first-order chi connectivity index (χ1) is 9.98. The zero-order chi connectivity index (χ0) is 15.5. The van der Waals surface area contributed by atoms with Crippen LogP contribution in [0, 0.1) is 5.92 Å². The van der Waals surface area contributed by atoms with Gasteiger partial charge in [0.25, 0.3) is 0 Å². The van der Waals surface area contributed by atoms with Gasteiger partial charge in [0, 0.05) is 26.1 Å². The second-order valence-corrected chi connectivity index (χ2v) is 7.81. The molecule has 1 fully saturated rings. The molecule has 0 bridgehead atoms. The van der Waals surface area contributed by atoms with Gasteiger partial charge in [-0.15, -0.1) is 11.6 Å². The van der Waals surface area contributed by atoms with Crippen LogP contribution in [0.25, 0.3) is 0 Å². The molecule has 2 rings (SSSR count). The summed E-state index contributed by atoms with van der Waals surface area (Å²) in [5, 5.41) is 0.234. The predicted molar refractivity (Wildman–Crippen MR) is 84.4 cm³/mol. The first-order valence-electron chi connectivity index (χ1n) is 6.82. The van der Waals surface area contributed by atoms with E-state index in [2.05, 4.69) is 0 Å². The molecule has 0 radical (unpaired) electrons. The van der Waals surface area contributed by atoms with Crippen molar-refractivity contribution in [2.75, 3.05) is 26.8 Å². The summed E-state index contributed by atoms with van der Waals surface area (Å²) >= 11 is 11.9. The molecule has 0 N–H and O–H groups in total. The van der Waals surface area contributed by atoms with E-state index in [0.717, 1.165) is 18.4 Å². The molecule has 1 aromatic rings. The minimum absolute atomic E-state index is 0.139. The van der Waals surface area contributed by atoms with E-state index in [0.29, 0.717) is 19.7 Å². The van der Waals surface area contributed by atoms with E-state index in [1.807, 2.05) is 0 Å². The van der Waals surface area contributed by atoms with E-state index in [9.17, 15) is 8.42 Å². The van der Waals surface area contributed by atoms with Crippen LogP contribution < -0.4 is 0 Å². The summed E-state index contributed by atoms with van der Waals surface area (Å²) in [6.45, 7) is 1.56. The van der Waals surface area contributed by atoms with E-state index in [1.54, 1.807) is 25.3 Å². The van der Waals surface area contributed by atoms with Gasteiger partial charge < -0.3 is 4.74 Å². The number of hydrogen-bond donors (Lipinski definition) is 0. The second-order valence-electron chi connectivity index (χ2n) is 5.23. The van der Waals surface area contributed by atoms with Gasteiger partial charge in [-0.05, 0) is 36.5 Å². The van der Waals surface area contributed by atoms with Crippen LogP contribution in [0.15, 0.2) is 23.1 Å². The van der Waals surface area contributed by atoms with Crippen molar-refractivity contribution < 1.29 is 13.2 Å². The molecule has 1 saturated heterocycles. The molecule has 4 nitrogen and oxygen atoms in total. The lowest BCUT2D eigenvalue weighted by Gasteiger charge is -2.31. The summed E-state index contributed by atoms with van der Waals surface area (Å²) in [6.07, 6.45) is 1.81. The highest BCUT2D eigenvalue weighted by Gasteiger charge is 2.31. The number of rotatable bonds is 5. The highest BCUT2D eigenvalue weighted by Crippen LogP contribution is 2.29. The lowest BCUT2D eigenvalue weighted by Crippen LogP contribution is -2.41. The van der Waals surface area contributed by atoms with Crippen molar-refractivity contribution in [1.82, 2.24) is 4.31 Å². The van der Waals surface area contributed by atoms with Gasteiger partial charge in [-0.25, -0.2) is 8.42 Å². The van der Waals surface area contributed by atoms with Crippen molar-refractivity contribution in [1.29, 1.82) is 0 Å². The van der Waals surface area contributed by atoms with Gasteiger partial charge in [-0.3, -0.25) is 0 Å². The lowest BCUT2D eigenvalue weighted by atomic mass is 10.0. The molecule has 1 aromatic carbocycles. The molecule has 1 heterocycles. The molecule has 0 aliphatic carbocycles. The Morgan fingerprint density at radius 1 is 1.43 bits per heavy atom. The molecule has 21 heavy (non-hydrogen) atoms. The first-order valence-corrected chi connectivity index (χ1v) is 9.17. The Hall–Kier alpha value is -0.330. The molecule has 1 aliphatic rings. The molecule has 118 valence electrons. The first kappa shape index (κ1) is 17.0. The summed E-state index contributed by atoms with van der Waals surface area (Å²) in [5.41, 5.74) is 0.741. The average Bonchev–Trinajstić information content (AvgIpc) is 2.48. The fourth-order valence-electron chi connectivity index (χ4n) is 2.58. The largest absolute Gasteiger partial charge is 0.384 e. The molecule has 0 amide bonds. The minimum atomic E-state index is -3.59. The number of alkyl halides is 1. The van der Waals surface area contributed by atoms with Crippen molar-refractivity contribution in [3.63, 3.8) is 0 Å². The van der Waals surface area contributed by atoms with Gasteiger partial charge in [0.1, 0.15) is 4.90 Å². The summed E-state index contributed by atoms with van der Waals surface area (Å²) in [7, 11) is -1.96. The van der Waals surface area contributed by atoms with Crippen molar-refractivity contribution in [2.45, 2.75) is 23.6 Å². The zero-order valence-electron chi connectivity index (χ0n) is 11.9. The smallest absolute Gasteiger partial charge is 0.244 e. The Bertz CT molecular complexity index is 590. The van der Waals surface area contributed by atoms with Crippen LogP contribution in [0.1, 0.15) is 18.4 Å². The molecular formula is C14H19Cl2NO3S. The molecule has 1 unspecified atom stereocenters. The van der Waals surface area contributed by atoms with Crippen LogP contribution in [-0.2, 0) is 20.6 Å². The van der Waals surface area contributed by atoms with Crippen LogP contribution in [0.4, 0.5) is 0 Å². The Kier molecular flexibility index (Phi) is 5.91. The van der Waals surface area contributed by atoms with Gasteiger partial charge in [0.05, 0.1) is 11.6 Å². The number of ether oxygens (including phenoxy) is 1. The van der Waals surface area contributed by atoms with E-state index >= 15 is 0 Å². The van der Waals surface area contributed by atoms with Crippen molar-refractivity contribution in [3.8, 4) is 0 Å². The van der Waals surface area contributed by atoms with Gasteiger partial charge >= 0.3 is 0 Å². The Labute approximate surface area is 136 Å². The van der Waals surface area contributed by atoms with Crippen LogP contribution in [0.3, 0.4) is 0 Å². The number of nitrogens with zero attached hydrogens (tertiary/aromatic N) is 1. The topological polar surface area (TPSA) is 46.6 Å². The van der Waals surface area contributed by atoms with Crippen LogP contribution in [0.5, 0.6) is 0 Å². The van der Waals surface area contributed by atoms with Crippen molar-refractivity contribution in [2.24, 2.45) is 5.92 Å². The van der Waals surface area contributed by atoms with E-state index in [1.165, 1.54) is 4.31 Å². The number of hydrogen-bond acceptors (Lipinski definition) is 3. The zero-order valence-corrected chi connectivity index (χ0v) is 14.2. The normalized spacial score (nSPS) is 20.6. The third-order valence-corrected chi connectivity index (χ3v) is 6.31. The molecule has 1 atom stereocenters. The summed E-state index contributed by atoms with van der Waals surface area (Å²) < 4.78 is 32.2. The average molecular weight is 352 g/mol. The molecule has 1 aliphatic heterocycles. The third-order valence-electron chi connectivity index (χ3n) is 3.65. The van der Waals surface area contributed by atoms with E-state index in [4.69, 9.17) is 27.9 Å². The summed E-state index contributed by atoms with van der Waals surface area (Å²) in [4.78, 5) is 0.139. The maximum Gasteiger partial charge on any atom is 0.244 e. The molecule has 0 saturated carbocycles. The standard InChI is InChI=1S/C14H19Cl2NO3S/c1-20-10-12-3-2-6-17(9-12)21(18,19)14-7-11(8-15)4-5-13(14)16/h4-5,7,12H,2-3,6,8-10H2,1H3. The highest BCUT2D eigenvalue weighted by atomic mass is 35.5. The Balaban J connectivity index is 2.29. The van der Waals surface area contributed by atoms with E-state index in [-0.39, 0.29) is 21.7 Å². The third kappa shape index (κ3) is 3.90. The predicted octanol–water partition coefficient (Wildman–Crippen LogP) is 3.13. The number of halogens is 2. The van der Waals surface area contributed by atoms with Crippen LogP contribution in [0.2, 0.25) is 5.02 Å². The minimum Gasteiger partial charge on any atom is -0.384 e. The summed E-state index contributed by atoms with van der Waals surface area (Å²) in [5.74, 6) is 0.486. The number of piperidine rings is 1. The van der Waals surface area contributed by atoms with Crippen LogP contribution >= 0.6 is 23.2 Å². The molecule has 7 heteroatoms. The van der Waals surface area contributed by atoms with Crippen molar-refractivity contribution >= 4 is 33.2 Å². The summed E-state index contributed by atoms with van der Waals surface area (Å²) in [6, 6.07) is 4.88. The van der Waals surface area contributed by atoms with Gasteiger partial charge in [0.15, 0.2) is 0 Å². The molecule has 0 aromatic heterocycles. The van der Waals surface area contributed by atoms with Crippen molar-refractivity contribution in [3.05, 3.63) is 28.8 Å². The Morgan fingerprint density at radius 2 is 2.19 bits per heavy atom. The number of benzene rings is 1. The SMILES string of the molecule is COCC1CCCN(S(=O)(=O)c2cc(CCl)ccc2Cl)C1. The second kappa shape index (κ2) is 7.29. The highest BCUT2D eigenvalue weighted by molar-refractivity contribution is 7.89. The maximum absolute atomic E-state index is 12.8. The number of sulfonamides is 1. The van der Waals surface area contributed by atoms with Gasteiger partial charge in [-0.1, -0.05) is 17.7 Å². The maximum atomic E-state index is 12.8.